The zero-order valence-electron chi connectivity index (χ0n) is 15.7. The highest BCUT2D eigenvalue weighted by Gasteiger charge is 2.38. The van der Waals surface area contributed by atoms with Gasteiger partial charge in [-0.05, 0) is 12.0 Å². The summed E-state index contributed by atoms with van der Waals surface area (Å²) in [7, 11) is -4.64. The van der Waals surface area contributed by atoms with E-state index in [1.807, 2.05) is 30.3 Å². The van der Waals surface area contributed by atoms with Crippen LogP contribution in [0.2, 0.25) is 0 Å². The Morgan fingerprint density at radius 1 is 1.10 bits per heavy atom. The summed E-state index contributed by atoms with van der Waals surface area (Å²) in [6, 6.07) is 9.84. The summed E-state index contributed by atoms with van der Waals surface area (Å²) in [5.41, 5.74) is 1.03. The number of hydrogen-bond donors (Lipinski definition) is 8. The fourth-order valence-electron chi connectivity index (χ4n) is 2.06. The average Bonchev–Trinajstić information content (AvgIpc) is 2.92. The number of benzene rings is 1. The van der Waals surface area contributed by atoms with E-state index in [9.17, 15) is 9.90 Å². The highest BCUT2D eigenvalue weighted by atomic mass is 31.2. The van der Waals surface area contributed by atoms with E-state index in [-0.39, 0.29) is 6.10 Å². The van der Waals surface area contributed by atoms with Crippen LogP contribution in [0.4, 0.5) is 0 Å². The number of cyclic esters (lactones) is 1. The van der Waals surface area contributed by atoms with Gasteiger partial charge in [0.05, 0.1) is 12.7 Å². The van der Waals surface area contributed by atoms with Crippen molar-refractivity contribution in [3.8, 4) is 0 Å². The second kappa shape index (κ2) is 13.3. The van der Waals surface area contributed by atoms with Crippen LogP contribution >= 0.6 is 7.82 Å². The predicted octanol–water partition coefficient (Wildman–Crippen LogP) is 0.574. The average molecular weight is 438 g/mol. The summed E-state index contributed by atoms with van der Waals surface area (Å²) in [5, 5.41) is 44.7. The van der Waals surface area contributed by atoms with Crippen molar-refractivity contribution in [1.29, 1.82) is 0 Å². The third kappa shape index (κ3) is 11.6. The molecule has 0 saturated carbocycles. The number of ether oxygens (including phenoxy) is 1. The van der Waals surface area contributed by atoms with E-state index in [2.05, 4.69) is 11.7 Å². The van der Waals surface area contributed by atoms with Crippen molar-refractivity contribution < 1.29 is 54.3 Å². The fraction of sp³-hybridized carbons (Fsp3) is 0.471. The monoisotopic (exact) mass is 438 g/mol. The second-order valence-corrected chi connectivity index (χ2v) is 6.92. The van der Waals surface area contributed by atoms with Crippen molar-refractivity contribution in [3.05, 3.63) is 47.4 Å². The Morgan fingerprint density at radius 3 is 2.00 bits per heavy atom. The van der Waals surface area contributed by atoms with E-state index >= 15 is 0 Å². The first-order chi connectivity index (χ1) is 13.4. The first-order valence-corrected chi connectivity index (χ1v) is 10.1. The van der Waals surface area contributed by atoms with Gasteiger partial charge in [0.15, 0.2) is 11.9 Å². The predicted molar refractivity (Wildman–Crippen MR) is 100 cm³/mol. The van der Waals surface area contributed by atoms with Crippen LogP contribution < -0.4 is 0 Å². The molecule has 0 spiro atoms. The molecular formula is C17H27O11P. The first kappa shape index (κ1) is 27.0. The zero-order chi connectivity index (χ0) is 22.6. The number of rotatable bonds is 6. The van der Waals surface area contributed by atoms with E-state index < -0.39 is 44.1 Å². The molecule has 1 aliphatic heterocycles. The molecule has 1 unspecified atom stereocenters. The van der Waals surface area contributed by atoms with Crippen molar-refractivity contribution in [1.82, 2.24) is 0 Å². The first-order valence-electron chi connectivity index (χ1n) is 8.55. The van der Waals surface area contributed by atoms with Crippen LogP contribution in [0.25, 0.3) is 0 Å². The highest BCUT2D eigenvalue weighted by molar-refractivity contribution is 7.45. The van der Waals surface area contributed by atoms with Gasteiger partial charge < -0.3 is 44.9 Å². The van der Waals surface area contributed by atoms with Gasteiger partial charge in [-0.3, -0.25) is 0 Å². The standard InChI is InChI=1S/C11H16O.C6H8O6.H3O4P/c1-2-3-9-11(12)10-7-5-4-6-8-10;7-1-2(8)5-3(9)4(10)6(11)12-5;1-5(2,3)4/h4-8,11-12H,2-3,9H2,1H3;2,5,7-10H,1H2;(H3,1,2,3,4)/t;2-,5+;/m.0./s1. The third-order valence-corrected chi connectivity index (χ3v) is 3.49. The molecule has 8 N–H and O–H groups in total. The lowest BCUT2D eigenvalue weighted by Crippen LogP contribution is -2.31. The van der Waals surface area contributed by atoms with E-state index in [1.165, 1.54) is 0 Å². The summed E-state index contributed by atoms with van der Waals surface area (Å²) in [6.45, 7) is 1.47. The minimum absolute atomic E-state index is 0.272. The lowest BCUT2D eigenvalue weighted by Gasteiger charge is -2.13. The molecule has 0 saturated heterocycles. The van der Waals surface area contributed by atoms with Crippen LogP contribution in [0.15, 0.2) is 41.9 Å². The minimum atomic E-state index is -4.64. The van der Waals surface area contributed by atoms with Crippen LogP contribution in [-0.4, -0.2) is 65.0 Å². The topological polar surface area (TPSA) is 205 Å². The summed E-state index contributed by atoms with van der Waals surface area (Å²) < 4.78 is 13.2. The molecule has 0 radical (unpaired) electrons. The molecule has 11 nitrogen and oxygen atoms in total. The normalized spacial score (nSPS) is 18.0. The molecule has 12 heteroatoms. The van der Waals surface area contributed by atoms with Gasteiger partial charge in [0.25, 0.3) is 0 Å². The van der Waals surface area contributed by atoms with Crippen molar-refractivity contribution in [2.75, 3.05) is 6.61 Å². The van der Waals surface area contributed by atoms with Crippen molar-refractivity contribution >= 4 is 13.8 Å². The van der Waals surface area contributed by atoms with Crippen LogP contribution in [0.3, 0.4) is 0 Å². The Hall–Kier alpha value is -1.98. The number of hydrogen-bond acceptors (Lipinski definition) is 8. The SMILES string of the molecule is CCCCC(O)c1ccccc1.O=C1O[C@H]([C@@H](O)CO)C(O)=C1O.O=P(O)(O)O. The summed E-state index contributed by atoms with van der Waals surface area (Å²) in [6.07, 6.45) is 0.0627. The Morgan fingerprint density at radius 2 is 1.62 bits per heavy atom. The second-order valence-electron chi connectivity index (χ2n) is 5.89. The smallest absolute Gasteiger partial charge is 0.466 e. The third-order valence-electron chi connectivity index (χ3n) is 3.49. The molecule has 29 heavy (non-hydrogen) atoms. The van der Waals surface area contributed by atoms with E-state index in [1.54, 1.807) is 0 Å². The number of aliphatic hydroxyl groups is 5. The summed E-state index contributed by atoms with van der Waals surface area (Å²) >= 11 is 0. The zero-order valence-corrected chi connectivity index (χ0v) is 16.6. The molecule has 1 aromatic rings. The van der Waals surface area contributed by atoms with Gasteiger partial charge in [-0.2, -0.15) is 0 Å². The van der Waals surface area contributed by atoms with Crippen LogP contribution in [0, 0.1) is 0 Å². The molecule has 0 amide bonds. The molecule has 1 aliphatic rings. The Labute approximate surface area is 167 Å². The van der Waals surface area contributed by atoms with Gasteiger partial charge >= 0.3 is 13.8 Å². The Balaban J connectivity index is 0.000000442. The molecule has 2 rings (SSSR count). The van der Waals surface area contributed by atoms with E-state index in [0.29, 0.717) is 0 Å². The van der Waals surface area contributed by atoms with Crippen molar-refractivity contribution in [3.63, 3.8) is 0 Å². The maximum Gasteiger partial charge on any atom is 0.466 e. The Kier molecular flexibility index (Phi) is 12.4. The number of carbonyl (C=O) groups is 1. The quantitative estimate of drug-likeness (QED) is 0.228. The maximum atomic E-state index is 10.5. The molecule has 0 aromatic heterocycles. The van der Waals surface area contributed by atoms with Crippen LogP contribution in [0.5, 0.6) is 0 Å². The fourth-order valence-corrected chi connectivity index (χ4v) is 2.06. The number of unbranched alkanes of at least 4 members (excludes halogenated alkanes) is 1. The van der Waals surface area contributed by atoms with Gasteiger partial charge in [0, 0.05) is 0 Å². The van der Waals surface area contributed by atoms with Gasteiger partial charge in [-0.15, -0.1) is 0 Å². The summed E-state index contributed by atoms with van der Waals surface area (Å²) in [5.74, 6) is -2.78. The number of aliphatic hydroxyl groups excluding tert-OH is 5. The lowest BCUT2D eigenvalue weighted by atomic mass is 10.0. The van der Waals surface area contributed by atoms with Crippen LogP contribution in [-0.2, 0) is 14.1 Å². The lowest BCUT2D eigenvalue weighted by molar-refractivity contribution is -0.147. The maximum absolute atomic E-state index is 10.5. The molecule has 166 valence electrons. The minimum Gasteiger partial charge on any atom is -0.505 e. The van der Waals surface area contributed by atoms with Gasteiger partial charge in [-0.25, -0.2) is 9.36 Å². The number of esters is 1. The number of phosphoric acid groups is 1. The molecule has 0 bridgehead atoms. The molecular weight excluding hydrogens is 411 g/mol. The molecule has 1 aromatic carbocycles. The Bertz CT molecular complexity index is 678. The van der Waals surface area contributed by atoms with Crippen molar-refractivity contribution in [2.45, 2.75) is 44.5 Å². The number of carbonyl (C=O) groups excluding carboxylic acids is 1. The molecule has 1 heterocycles. The van der Waals surface area contributed by atoms with Gasteiger partial charge in [0.1, 0.15) is 6.10 Å². The molecule has 3 atom stereocenters. The van der Waals surface area contributed by atoms with Gasteiger partial charge in [0.2, 0.25) is 5.76 Å². The largest absolute Gasteiger partial charge is 0.505 e. The van der Waals surface area contributed by atoms with E-state index in [4.69, 9.17) is 39.7 Å². The summed E-state index contributed by atoms with van der Waals surface area (Å²) in [4.78, 5) is 32.1. The molecule has 0 fully saturated rings. The molecule has 0 aliphatic carbocycles. The van der Waals surface area contributed by atoms with Gasteiger partial charge in [-0.1, -0.05) is 50.1 Å². The van der Waals surface area contributed by atoms with Crippen LogP contribution in [0.1, 0.15) is 37.9 Å². The van der Waals surface area contributed by atoms with Crippen molar-refractivity contribution in [2.24, 2.45) is 0 Å². The van der Waals surface area contributed by atoms with E-state index in [0.717, 1.165) is 24.8 Å². The highest BCUT2D eigenvalue weighted by Crippen LogP contribution is 2.25.